The van der Waals surface area contributed by atoms with Gasteiger partial charge in [0.2, 0.25) is 11.8 Å². The number of rotatable bonds is 2. The van der Waals surface area contributed by atoms with Crippen LogP contribution in [0.4, 0.5) is 0 Å². The van der Waals surface area contributed by atoms with Crippen LogP contribution in [0.5, 0.6) is 0 Å². The summed E-state index contributed by atoms with van der Waals surface area (Å²) in [5, 5.41) is 4.46. The van der Waals surface area contributed by atoms with Crippen LogP contribution in [-0.4, -0.2) is 62.9 Å². The summed E-state index contributed by atoms with van der Waals surface area (Å²) in [6.45, 7) is 6.06. The van der Waals surface area contributed by atoms with Crippen molar-refractivity contribution in [1.82, 2.24) is 24.4 Å². The minimum atomic E-state index is -0.171. The Morgan fingerprint density at radius 3 is 2.58 bits per heavy atom. The van der Waals surface area contributed by atoms with E-state index in [9.17, 15) is 9.59 Å². The maximum absolute atomic E-state index is 12.7. The van der Waals surface area contributed by atoms with Gasteiger partial charge in [0.15, 0.2) is 5.65 Å². The van der Waals surface area contributed by atoms with Crippen molar-refractivity contribution >= 4 is 17.5 Å². The summed E-state index contributed by atoms with van der Waals surface area (Å²) in [4.78, 5) is 32.8. The third kappa shape index (κ3) is 2.95. The molecule has 2 amide bonds. The van der Waals surface area contributed by atoms with E-state index >= 15 is 0 Å². The predicted molar refractivity (Wildman–Crippen MR) is 96.8 cm³/mol. The smallest absolute Gasteiger partial charge is 0.227 e. The molecule has 0 bridgehead atoms. The normalized spacial score (nSPS) is 21.8. The fourth-order valence-corrected chi connectivity index (χ4v) is 4.16. The number of aryl methyl sites for hydroxylation is 2. The van der Waals surface area contributed by atoms with Crippen LogP contribution < -0.4 is 0 Å². The second-order valence-electron chi connectivity index (χ2n) is 7.65. The number of carbonyl (C=O) groups is 2. The summed E-state index contributed by atoms with van der Waals surface area (Å²) in [6.07, 6.45) is 2.18. The Balaban J connectivity index is 1.44. The number of aromatic nitrogens is 3. The van der Waals surface area contributed by atoms with Crippen molar-refractivity contribution in [3.05, 3.63) is 29.2 Å². The van der Waals surface area contributed by atoms with E-state index in [1.807, 2.05) is 22.4 Å². The molecule has 0 saturated carbocycles. The highest BCUT2D eigenvalue weighted by molar-refractivity contribution is 5.89. The Kier molecular flexibility index (Phi) is 4.17. The van der Waals surface area contributed by atoms with Gasteiger partial charge in [0.05, 0.1) is 11.6 Å². The number of piperidine rings is 1. The lowest BCUT2D eigenvalue weighted by Gasteiger charge is -2.33. The van der Waals surface area contributed by atoms with Gasteiger partial charge in [-0.1, -0.05) is 0 Å². The van der Waals surface area contributed by atoms with E-state index in [0.717, 1.165) is 48.7 Å². The average Bonchev–Trinajstić information content (AvgIpc) is 3.16. The van der Waals surface area contributed by atoms with Crippen molar-refractivity contribution in [3.8, 4) is 0 Å². The van der Waals surface area contributed by atoms with E-state index in [2.05, 4.69) is 18.1 Å². The molecule has 0 aliphatic carbocycles. The first-order valence-corrected chi connectivity index (χ1v) is 9.29. The van der Waals surface area contributed by atoms with Crippen LogP contribution in [0.25, 0.3) is 5.65 Å². The van der Waals surface area contributed by atoms with E-state index in [-0.39, 0.29) is 17.7 Å². The van der Waals surface area contributed by atoms with E-state index in [1.165, 1.54) is 0 Å². The van der Waals surface area contributed by atoms with Gasteiger partial charge in [0.1, 0.15) is 0 Å². The molecule has 0 N–H and O–H groups in total. The summed E-state index contributed by atoms with van der Waals surface area (Å²) in [7, 11) is 1.77. The number of likely N-dealkylation sites (tertiary alicyclic amines) is 2. The van der Waals surface area contributed by atoms with E-state index in [0.29, 0.717) is 18.9 Å². The SMILES string of the molecule is Cc1cc2nc(C3CCN(C(=O)[C@@H]4CC(=O)N(C)C4)CC3)cc(C)n2n1. The average molecular weight is 355 g/mol. The van der Waals surface area contributed by atoms with Gasteiger partial charge >= 0.3 is 0 Å². The molecule has 0 unspecified atom stereocenters. The number of amides is 2. The van der Waals surface area contributed by atoms with Gasteiger partial charge in [-0.25, -0.2) is 9.50 Å². The second kappa shape index (κ2) is 6.37. The van der Waals surface area contributed by atoms with Crippen LogP contribution in [0.2, 0.25) is 0 Å². The van der Waals surface area contributed by atoms with Gasteiger partial charge in [-0.2, -0.15) is 5.10 Å². The third-order valence-electron chi connectivity index (χ3n) is 5.66. The lowest BCUT2D eigenvalue weighted by molar-refractivity contribution is -0.136. The zero-order valence-electron chi connectivity index (χ0n) is 15.6. The number of hydrogen-bond donors (Lipinski definition) is 0. The lowest BCUT2D eigenvalue weighted by atomic mass is 9.92. The summed E-state index contributed by atoms with van der Waals surface area (Å²) < 4.78 is 1.88. The molecular formula is C19H25N5O2. The maximum Gasteiger partial charge on any atom is 0.227 e. The highest BCUT2D eigenvalue weighted by Crippen LogP contribution is 2.29. The predicted octanol–water partition coefficient (Wildman–Crippen LogP) is 1.53. The van der Waals surface area contributed by atoms with Crippen molar-refractivity contribution in [2.75, 3.05) is 26.7 Å². The fraction of sp³-hybridized carbons (Fsp3) is 0.579. The molecule has 0 radical (unpaired) electrons. The molecule has 0 aromatic carbocycles. The Morgan fingerprint density at radius 1 is 1.19 bits per heavy atom. The van der Waals surface area contributed by atoms with Crippen molar-refractivity contribution in [3.63, 3.8) is 0 Å². The molecule has 0 spiro atoms. The Labute approximate surface area is 153 Å². The Hall–Kier alpha value is -2.44. The minimum absolute atomic E-state index is 0.0716. The van der Waals surface area contributed by atoms with E-state index < -0.39 is 0 Å². The molecule has 2 aromatic rings. The summed E-state index contributed by atoms with van der Waals surface area (Å²) in [5.41, 5.74) is 4.04. The molecule has 2 aliphatic heterocycles. The van der Waals surface area contributed by atoms with Crippen molar-refractivity contribution in [2.45, 2.75) is 39.0 Å². The third-order valence-corrected chi connectivity index (χ3v) is 5.66. The monoisotopic (exact) mass is 355 g/mol. The summed E-state index contributed by atoms with van der Waals surface area (Å²) in [6, 6.07) is 4.12. The Morgan fingerprint density at radius 2 is 1.92 bits per heavy atom. The topological polar surface area (TPSA) is 70.8 Å². The molecule has 4 heterocycles. The molecule has 2 aliphatic rings. The van der Waals surface area contributed by atoms with Gasteiger partial charge in [-0.15, -0.1) is 0 Å². The van der Waals surface area contributed by atoms with E-state index in [1.54, 1.807) is 11.9 Å². The van der Waals surface area contributed by atoms with Crippen LogP contribution >= 0.6 is 0 Å². The first kappa shape index (κ1) is 17.0. The molecule has 1 atom stereocenters. The highest BCUT2D eigenvalue weighted by atomic mass is 16.2. The molecule has 4 rings (SSSR count). The van der Waals surface area contributed by atoms with E-state index in [4.69, 9.17) is 4.98 Å². The maximum atomic E-state index is 12.7. The van der Waals surface area contributed by atoms with Crippen molar-refractivity contribution in [2.24, 2.45) is 5.92 Å². The molecule has 2 saturated heterocycles. The van der Waals surface area contributed by atoms with Gasteiger partial charge < -0.3 is 9.80 Å². The second-order valence-corrected chi connectivity index (χ2v) is 7.65. The highest BCUT2D eigenvalue weighted by Gasteiger charge is 2.36. The molecule has 2 aromatic heterocycles. The molecule has 2 fully saturated rings. The van der Waals surface area contributed by atoms with Crippen LogP contribution in [0.3, 0.4) is 0 Å². The lowest BCUT2D eigenvalue weighted by Crippen LogP contribution is -2.42. The van der Waals surface area contributed by atoms with Gasteiger partial charge in [0, 0.05) is 56.5 Å². The number of nitrogens with zero attached hydrogens (tertiary/aromatic N) is 5. The van der Waals surface area contributed by atoms with Crippen LogP contribution in [-0.2, 0) is 9.59 Å². The van der Waals surface area contributed by atoms with Crippen LogP contribution in [0.1, 0.15) is 42.3 Å². The largest absolute Gasteiger partial charge is 0.345 e. The zero-order valence-corrected chi connectivity index (χ0v) is 15.6. The van der Waals surface area contributed by atoms with Crippen LogP contribution in [0.15, 0.2) is 12.1 Å². The van der Waals surface area contributed by atoms with Crippen molar-refractivity contribution in [1.29, 1.82) is 0 Å². The van der Waals surface area contributed by atoms with Crippen LogP contribution in [0, 0.1) is 19.8 Å². The van der Waals surface area contributed by atoms with Crippen molar-refractivity contribution < 1.29 is 9.59 Å². The summed E-state index contributed by atoms with van der Waals surface area (Å²) >= 11 is 0. The number of carbonyl (C=O) groups excluding carboxylic acids is 2. The Bertz CT molecular complexity index is 866. The molecule has 7 nitrogen and oxygen atoms in total. The minimum Gasteiger partial charge on any atom is -0.345 e. The first-order chi connectivity index (χ1) is 12.4. The molecule has 26 heavy (non-hydrogen) atoms. The fourth-order valence-electron chi connectivity index (χ4n) is 4.16. The molecule has 138 valence electrons. The van der Waals surface area contributed by atoms with Gasteiger partial charge in [-0.05, 0) is 32.8 Å². The quantitative estimate of drug-likeness (QED) is 0.819. The summed E-state index contributed by atoms with van der Waals surface area (Å²) in [5.74, 6) is 0.399. The first-order valence-electron chi connectivity index (χ1n) is 9.29. The zero-order chi connectivity index (χ0) is 18.4. The standard InChI is InChI=1S/C19H25N5O2/c1-12-8-17-20-16(9-13(2)24(17)21-12)14-4-6-23(7-5-14)19(26)15-10-18(25)22(3)11-15/h8-9,14-15H,4-7,10-11H2,1-3H3/t15-/m1/s1. The van der Waals surface area contributed by atoms with Gasteiger partial charge in [-0.3, -0.25) is 9.59 Å². The molecular weight excluding hydrogens is 330 g/mol. The van der Waals surface area contributed by atoms with Gasteiger partial charge in [0.25, 0.3) is 0 Å². The number of hydrogen-bond acceptors (Lipinski definition) is 4. The number of fused-ring (bicyclic) bond motifs is 1. The molecule has 7 heteroatoms.